The Labute approximate surface area is 167 Å². The molecule has 0 aliphatic heterocycles. The van der Waals surface area contributed by atoms with E-state index in [1.807, 2.05) is 66.7 Å². The van der Waals surface area contributed by atoms with Crippen LogP contribution in [0.5, 0.6) is 0 Å². The van der Waals surface area contributed by atoms with Crippen LogP contribution in [0.4, 0.5) is 0 Å². The van der Waals surface area contributed by atoms with Gasteiger partial charge in [-0.2, -0.15) is 0 Å². The Morgan fingerprint density at radius 1 is 0.643 bits per heavy atom. The molecule has 1 N–H and O–H groups in total. The molecule has 4 rings (SSSR count). The van der Waals surface area contributed by atoms with E-state index in [4.69, 9.17) is 0 Å². The van der Waals surface area contributed by atoms with Crippen molar-refractivity contribution in [3.05, 3.63) is 124 Å². The fourth-order valence-corrected chi connectivity index (χ4v) is 4.27. The third-order valence-electron chi connectivity index (χ3n) is 6.12. The molecule has 0 saturated carbocycles. The van der Waals surface area contributed by atoms with Gasteiger partial charge in [-0.1, -0.05) is 90.5 Å². The Bertz CT molecular complexity index is 1020. The zero-order valence-electron chi connectivity index (χ0n) is 16.7. The van der Waals surface area contributed by atoms with Gasteiger partial charge in [-0.25, -0.2) is 0 Å². The second kappa shape index (κ2) is 7.26. The Morgan fingerprint density at radius 2 is 1.14 bits per heavy atom. The van der Waals surface area contributed by atoms with Crippen LogP contribution in [0.15, 0.2) is 102 Å². The zero-order chi connectivity index (χ0) is 19.7. The van der Waals surface area contributed by atoms with Gasteiger partial charge < -0.3 is 5.11 Å². The van der Waals surface area contributed by atoms with E-state index in [-0.39, 0.29) is 0 Å². The van der Waals surface area contributed by atoms with Crippen molar-refractivity contribution in [2.45, 2.75) is 32.8 Å². The lowest BCUT2D eigenvalue weighted by molar-refractivity contribution is 0.125. The number of hydrogen-bond acceptors (Lipinski definition) is 1. The first-order valence-corrected chi connectivity index (χ1v) is 9.83. The molecule has 3 aromatic rings. The van der Waals surface area contributed by atoms with Crippen LogP contribution in [0.3, 0.4) is 0 Å². The van der Waals surface area contributed by atoms with E-state index in [1.165, 1.54) is 22.3 Å². The quantitative estimate of drug-likeness (QED) is 0.524. The first kappa shape index (κ1) is 18.5. The number of rotatable bonds is 4. The molecule has 3 aromatic carbocycles. The summed E-state index contributed by atoms with van der Waals surface area (Å²) >= 11 is 0. The molecular formula is C27H26O. The number of benzene rings is 3. The number of aliphatic hydroxyl groups is 1. The van der Waals surface area contributed by atoms with Gasteiger partial charge in [0, 0.05) is 5.56 Å². The standard InChI is InChI=1S/C27H26O/c1-19-18-25(21(3)20(19)2)24-16-10-11-17-26(24)27(28,22-12-6-4-7-13-22)23-14-8-5-9-15-23/h4-17,28H,18H2,1-3H3. The smallest absolute Gasteiger partial charge is 0.141 e. The van der Waals surface area contributed by atoms with Crippen LogP contribution in [-0.4, -0.2) is 5.11 Å². The average molecular weight is 367 g/mol. The van der Waals surface area contributed by atoms with E-state index in [2.05, 4.69) is 39.0 Å². The highest BCUT2D eigenvalue weighted by Gasteiger charge is 2.36. The molecule has 140 valence electrons. The molecule has 0 radical (unpaired) electrons. The molecule has 0 saturated heterocycles. The van der Waals surface area contributed by atoms with Gasteiger partial charge in [0.1, 0.15) is 5.60 Å². The molecule has 0 aromatic heterocycles. The molecule has 1 aliphatic rings. The van der Waals surface area contributed by atoms with Gasteiger partial charge in [0.15, 0.2) is 0 Å². The summed E-state index contributed by atoms with van der Waals surface area (Å²) in [4.78, 5) is 0. The van der Waals surface area contributed by atoms with Gasteiger partial charge in [-0.3, -0.25) is 0 Å². The van der Waals surface area contributed by atoms with Crippen molar-refractivity contribution in [3.8, 4) is 0 Å². The zero-order valence-corrected chi connectivity index (χ0v) is 16.7. The van der Waals surface area contributed by atoms with Gasteiger partial charge in [0.25, 0.3) is 0 Å². The molecule has 0 spiro atoms. The highest BCUT2D eigenvalue weighted by molar-refractivity contribution is 5.80. The number of hydrogen-bond donors (Lipinski definition) is 1. The highest BCUT2D eigenvalue weighted by atomic mass is 16.3. The van der Waals surface area contributed by atoms with Crippen molar-refractivity contribution in [2.75, 3.05) is 0 Å². The Hall–Kier alpha value is -2.90. The summed E-state index contributed by atoms with van der Waals surface area (Å²) in [6.07, 6.45) is 0.939. The molecule has 1 heteroatoms. The SMILES string of the molecule is CC1=C(C)C(C)=C(c2ccccc2C(O)(c2ccccc2)c2ccccc2)C1. The fraction of sp³-hybridized carbons (Fsp3) is 0.185. The molecular weight excluding hydrogens is 340 g/mol. The Balaban J connectivity index is 1.98. The van der Waals surface area contributed by atoms with Crippen LogP contribution in [0, 0.1) is 0 Å². The third-order valence-corrected chi connectivity index (χ3v) is 6.12. The molecule has 0 bridgehead atoms. The van der Waals surface area contributed by atoms with Crippen LogP contribution in [0.25, 0.3) is 5.57 Å². The maximum Gasteiger partial charge on any atom is 0.141 e. The van der Waals surface area contributed by atoms with E-state index in [0.717, 1.165) is 28.7 Å². The first-order chi connectivity index (χ1) is 13.5. The van der Waals surface area contributed by atoms with Crippen LogP contribution in [0.2, 0.25) is 0 Å². The molecule has 1 nitrogen and oxygen atoms in total. The summed E-state index contributed by atoms with van der Waals surface area (Å²) in [7, 11) is 0. The summed E-state index contributed by atoms with van der Waals surface area (Å²) in [5, 5.41) is 12.2. The lowest BCUT2D eigenvalue weighted by Crippen LogP contribution is -2.30. The largest absolute Gasteiger partial charge is 0.376 e. The van der Waals surface area contributed by atoms with Gasteiger partial charge in [-0.15, -0.1) is 0 Å². The van der Waals surface area contributed by atoms with E-state index in [0.29, 0.717) is 0 Å². The van der Waals surface area contributed by atoms with Gasteiger partial charge in [0.05, 0.1) is 0 Å². The van der Waals surface area contributed by atoms with Gasteiger partial charge in [-0.05, 0) is 60.6 Å². The fourth-order valence-electron chi connectivity index (χ4n) is 4.27. The van der Waals surface area contributed by atoms with Crippen LogP contribution in [0.1, 0.15) is 49.4 Å². The van der Waals surface area contributed by atoms with Crippen molar-refractivity contribution in [1.82, 2.24) is 0 Å². The van der Waals surface area contributed by atoms with E-state index < -0.39 is 5.60 Å². The van der Waals surface area contributed by atoms with E-state index in [9.17, 15) is 5.11 Å². The minimum atomic E-state index is -1.21. The van der Waals surface area contributed by atoms with Crippen molar-refractivity contribution in [3.63, 3.8) is 0 Å². The highest BCUT2D eigenvalue weighted by Crippen LogP contribution is 2.44. The summed E-state index contributed by atoms with van der Waals surface area (Å²) in [5.41, 5.74) is 8.03. The molecule has 0 unspecified atom stereocenters. The minimum Gasteiger partial charge on any atom is -0.376 e. The van der Waals surface area contributed by atoms with Crippen molar-refractivity contribution >= 4 is 5.57 Å². The average Bonchev–Trinajstić information content (AvgIpc) is 3.01. The maximum atomic E-state index is 12.2. The van der Waals surface area contributed by atoms with Crippen LogP contribution >= 0.6 is 0 Å². The van der Waals surface area contributed by atoms with Crippen molar-refractivity contribution in [2.24, 2.45) is 0 Å². The second-order valence-corrected chi connectivity index (χ2v) is 7.67. The lowest BCUT2D eigenvalue weighted by atomic mass is 9.76. The third kappa shape index (κ3) is 2.93. The van der Waals surface area contributed by atoms with Gasteiger partial charge in [0.2, 0.25) is 0 Å². The molecule has 1 aliphatic carbocycles. The normalized spacial score (nSPS) is 14.7. The van der Waals surface area contributed by atoms with E-state index in [1.54, 1.807) is 0 Å². The predicted octanol–water partition coefficient (Wildman–Crippen LogP) is 6.48. The monoisotopic (exact) mass is 366 g/mol. The Kier molecular flexibility index (Phi) is 4.78. The summed E-state index contributed by atoms with van der Waals surface area (Å²) in [6.45, 7) is 6.60. The van der Waals surface area contributed by atoms with Gasteiger partial charge >= 0.3 is 0 Å². The maximum absolute atomic E-state index is 12.2. The molecule has 0 atom stereocenters. The lowest BCUT2D eigenvalue weighted by Gasteiger charge is -2.32. The minimum absolute atomic E-state index is 0.881. The summed E-state index contributed by atoms with van der Waals surface area (Å²) < 4.78 is 0. The second-order valence-electron chi connectivity index (χ2n) is 7.67. The number of allylic oxidation sites excluding steroid dienone is 4. The van der Waals surface area contributed by atoms with Crippen LogP contribution in [-0.2, 0) is 5.60 Å². The molecule has 28 heavy (non-hydrogen) atoms. The predicted molar refractivity (Wildman–Crippen MR) is 117 cm³/mol. The van der Waals surface area contributed by atoms with Crippen LogP contribution < -0.4 is 0 Å². The Morgan fingerprint density at radius 3 is 1.64 bits per heavy atom. The van der Waals surface area contributed by atoms with Crippen molar-refractivity contribution in [1.29, 1.82) is 0 Å². The molecule has 0 fully saturated rings. The molecule has 0 heterocycles. The van der Waals surface area contributed by atoms with E-state index >= 15 is 0 Å². The molecule has 0 amide bonds. The summed E-state index contributed by atoms with van der Waals surface area (Å²) in [6, 6.07) is 28.3. The summed E-state index contributed by atoms with van der Waals surface area (Å²) in [5.74, 6) is 0. The van der Waals surface area contributed by atoms with Crippen molar-refractivity contribution < 1.29 is 5.11 Å². The first-order valence-electron chi connectivity index (χ1n) is 9.83. The topological polar surface area (TPSA) is 20.2 Å².